The van der Waals surface area contributed by atoms with Gasteiger partial charge in [-0.3, -0.25) is 0 Å². The van der Waals surface area contributed by atoms with Crippen LogP contribution in [-0.4, -0.2) is 56.3 Å². The first-order valence-corrected chi connectivity index (χ1v) is 9.75. The van der Waals surface area contributed by atoms with Crippen LogP contribution >= 0.6 is 0 Å². The van der Waals surface area contributed by atoms with Gasteiger partial charge in [0.05, 0.1) is 7.11 Å². The first-order chi connectivity index (χ1) is 13.3. The van der Waals surface area contributed by atoms with E-state index in [2.05, 4.69) is 36.8 Å². The van der Waals surface area contributed by atoms with E-state index >= 15 is 0 Å². The lowest BCUT2D eigenvalue weighted by Gasteiger charge is -2.37. The van der Waals surface area contributed by atoms with Gasteiger partial charge in [-0.25, -0.2) is 9.97 Å². The number of nitrogen functional groups attached to an aromatic ring is 1. The summed E-state index contributed by atoms with van der Waals surface area (Å²) in [5, 5.41) is 0. The van der Waals surface area contributed by atoms with Gasteiger partial charge >= 0.3 is 0 Å². The molecule has 2 aliphatic rings. The molecule has 2 saturated heterocycles. The Hall–Kier alpha value is -2.70. The molecule has 0 saturated carbocycles. The Bertz CT molecular complexity index is 752. The highest BCUT2D eigenvalue weighted by molar-refractivity contribution is 5.76. The Morgan fingerprint density at radius 2 is 1.33 bits per heavy atom. The maximum absolute atomic E-state index is 6.49. The number of piperazine rings is 1. The van der Waals surface area contributed by atoms with Crippen LogP contribution < -0.4 is 25.2 Å². The molecule has 2 N–H and O–H groups in total. The molecule has 7 nitrogen and oxygen atoms in total. The minimum atomic E-state index is 0.720. The van der Waals surface area contributed by atoms with Crippen molar-refractivity contribution < 1.29 is 4.74 Å². The summed E-state index contributed by atoms with van der Waals surface area (Å²) in [5.41, 5.74) is 8.43. The maximum atomic E-state index is 6.49. The van der Waals surface area contributed by atoms with Gasteiger partial charge in [0.15, 0.2) is 11.6 Å². The SMILES string of the molecule is COc1ccc(N2CCN(c3ncnc(N4CCCCC4)c3N)CC2)cc1. The number of methoxy groups -OCH3 is 1. The highest BCUT2D eigenvalue weighted by atomic mass is 16.5. The summed E-state index contributed by atoms with van der Waals surface area (Å²) in [6.45, 7) is 5.74. The van der Waals surface area contributed by atoms with Crippen LogP contribution in [0.1, 0.15) is 19.3 Å². The van der Waals surface area contributed by atoms with Gasteiger partial charge in [-0.2, -0.15) is 0 Å². The molecule has 0 amide bonds. The van der Waals surface area contributed by atoms with Crippen LogP contribution in [0.2, 0.25) is 0 Å². The summed E-state index contributed by atoms with van der Waals surface area (Å²) in [6.07, 6.45) is 5.37. The van der Waals surface area contributed by atoms with Crippen molar-refractivity contribution in [2.45, 2.75) is 19.3 Å². The molecule has 1 aromatic carbocycles. The number of benzene rings is 1. The van der Waals surface area contributed by atoms with Crippen molar-refractivity contribution in [2.75, 3.05) is 66.8 Å². The second kappa shape index (κ2) is 7.90. The Morgan fingerprint density at radius 1 is 0.778 bits per heavy atom. The fourth-order valence-corrected chi connectivity index (χ4v) is 3.96. The van der Waals surface area contributed by atoms with Crippen LogP contribution in [0.25, 0.3) is 0 Å². The predicted octanol–water partition coefficient (Wildman–Crippen LogP) is 2.38. The number of rotatable bonds is 4. The lowest BCUT2D eigenvalue weighted by atomic mass is 10.1. The molecule has 1 aromatic heterocycles. The van der Waals surface area contributed by atoms with E-state index in [9.17, 15) is 0 Å². The zero-order valence-electron chi connectivity index (χ0n) is 16.0. The number of piperidine rings is 1. The molecule has 144 valence electrons. The van der Waals surface area contributed by atoms with E-state index < -0.39 is 0 Å². The fourth-order valence-electron chi connectivity index (χ4n) is 3.96. The second-order valence-electron chi connectivity index (χ2n) is 7.15. The number of hydrogen-bond donors (Lipinski definition) is 1. The Morgan fingerprint density at radius 3 is 1.93 bits per heavy atom. The molecule has 0 spiro atoms. The van der Waals surface area contributed by atoms with Crippen molar-refractivity contribution in [3.05, 3.63) is 30.6 Å². The van der Waals surface area contributed by atoms with Crippen LogP contribution in [-0.2, 0) is 0 Å². The van der Waals surface area contributed by atoms with Gasteiger partial charge in [0.2, 0.25) is 0 Å². The smallest absolute Gasteiger partial charge is 0.157 e. The Balaban J connectivity index is 1.44. The van der Waals surface area contributed by atoms with Crippen LogP contribution in [0.3, 0.4) is 0 Å². The zero-order chi connectivity index (χ0) is 18.6. The average molecular weight is 368 g/mol. The first-order valence-electron chi connectivity index (χ1n) is 9.75. The molecule has 0 atom stereocenters. The Labute approximate surface area is 160 Å². The van der Waals surface area contributed by atoms with Gasteiger partial charge in [-0.05, 0) is 43.5 Å². The molecular formula is C20H28N6O. The van der Waals surface area contributed by atoms with Gasteiger partial charge in [-0.15, -0.1) is 0 Å². The summed E-state index contributed by atoms with van der Waals surface area (Å²) >= 11 is 0. The normalized spacial score (nSPS) is 17.9. The fraction of sp³-hybridized carbons (Fsp3) is 0.500. The van der Waals surface area contributed by atoms with Crippen LogP contribution in [0, 0.1) is 0 Å². The summed E-state index contributed by atoms with van der Waals surface area (Å²) < 4.78 is 5.25. The summed E-state index contributed by atoms with van der Waals surface area (Å²) in [7, 11) is 1.69. The summed E-state index contributed by atoms with van der Waals surface area (Å²) in [5.74, 6) is 2.66. The molecule has 27 heavy (non-hydrogen) atoms. The summed E-state index contributed by atoms with van der Waals surface area (Å²) in [6, 6.07) is 8.24. The van der Waals surface area contributed by atoms with E-state index in [0.29, 0.717) is 0 Å². The quantitative estimate of drug-likeness (QED) is 0.888. The molecule has 0 bridgehead atoms. The molecule has 3 heterocycles. The first kappa shape index (κ1) is 17.7. The third-order valence-electron chi connectivity index (χ3n) is 5.51. The second-order valence-corrected chi connectivity index (χ2v) is 7.15. The molecule has 2 fully saturated rings. The van der Waals surface area contributed by atoms with Crippen LogP contribution in [0.4, 0.5) is 23.0 Å². The standard InChI is InChI=1S/C20H28N6O/c1-27-17-7-5-16(6-8-17)24-11-13-26(14-12-24)20-18(21)19(22-15-23-20)25-9-3-2-4-10-25/h5-8,15H,2-4,9-14,21H2,1H3. The minimum absolute atomic E-state index is 0.720. The zero-order valence-corrected chi connectivity index (χ0v) is 16.0. The molecule has 7 heteroatoms. The van der Waals surface area contributed by atoms with Crippen LogP contribution in [0.5, 0.6) is 5.75 Å². The third kappa shape index (κ3) is 3.72. The number of nitrogens with zero attached hydrogens (tertiary/aromatic N) is 5. The van der Waals surface area contributed by atoms with Crippen molar-refractivity contribution in [3.63, 3.8) is 0 Å². The monoisotopic (exact) mass is 368 g/mol. The topological polar surface area (TPSA) is 70.8 Å². The van der Waals surface area contributed by atoms with Gasteiger partial charge in [0.25, 0.3) is 0 Å². The number of hydrogen-bond acceptors (Lipinski definition) is 7. The van der Waals surface area contributed by atoms with E-state index in [1.165, 1.54) is 24.9 Å². The van der Waals surface area contributed by atoms with E-state index in [4.69, 9.17) is 10.5 Å². The number of aromatic nitrogens is 2. The summed E-state index contributed by atoms with van der Waals surface area (Å²) in [4.78, 5) is 16.0. The largest absolute Gasteiger partial charge is 0.497 e. The van der Waals surface area contributed by atoms with Crippen molar-refractivity contribution in [1.82, 2.24) is 9.97 Å². The average Bonchev–Trinajstić information content (AvgIpc) is 2.75. The van der Waals surface area contributed by atoms with Crippen molar-refractivity contribution in [2.24, 2.45) is 0 Å². The minimum Gasteiger partial charge on any atom is -0.497 e. The lowest BCUT2D eigenvalue weighted by molar-refractivity contribution is 0.415. The van der Waals surface area contributed by atoms with Crippen LogP contribution in [0.15, 0.2) is 30.6 Å². The van der Waals surface area contributed by atoms with Gasteiger partial charge in [-0.1, -0.05) is 0 Å². The number of anilines is 4. The molecule has 2 aliphatic heterocycles. The predicted molar refractivity (Wildman–Crippen MR) is 110 cm³/mol. The van der Waals surface area contributed by atoms with Crippen molar-refractivity contribution in [3.8, 4) is 5.75 Å². The molecule has 0 unspecified atom stereocenters. The van der Waals surface area contributed by atoms with E-state index in [-0.39, 0.29) is 0 Å². The van der Waals surface area contributed by atoms with Crippen molar-refractivity contribution >= 4 is 23.0 Å². The number of nitrogens with two attached hydrogens (primary N) is 1. The van der Waals surface area contributed by atoms with E-state index in [1.807, 2.05) is 12.1 Å². The highest BCUT2D eigenvalue weighted by Gasteiger charge is 2.23. The molecule has 0 aliphatic carbocycles. The molecule has 0 radical (unpaired) electrons. The third-order valence-corrected chi connectivity index (χ3v) is 5.51. The van der Waals surface area contributed by atoms with Crippen molar-refractivity contribution in [1.29, 1.82) is 0 Å². The lowest BCUT2D eigenvalue weighted by Crippen LogP contribution is -2.47. The molecular weight excluding hydrogens is 340 g/mol. The Kier molecular flexibility index (Phi) is 5.18. The van der Waals surface area contributed by atoms with Gasteiger partial charge in [0, 0.05) is 45.0 Å². The number of ether oxygens (including phenoxy) is 1. The molecule has 4 rings (SSSR count). The van der Waals surface area contributed by atoms with E-state index in [1.54, 1.807) is 13.4 Å². The van der Waals surface area contributed by atoms with Gasteiger partial charge in [0.1, 0.15) is 17.8 Å². The molecule has 2 aromatic rings. The highest BCUT2D eigenvalue weighted by Crippen LogP contribution is 2.31. The van der Waals surface area contributed by atoms with E-state index in [0.717, 1.165) is 62.3 Å². The van der Waals surface area contributed by atoms with Gasteiger partial charge < -0.3 is 25.2 Å². The maximum Gasteiger partial charge on any atom is 0.157 e.